The Morgan fingerprint density at radius 1 is 1.09 bits per heavy atom. The lowest BCUT2D eigenvalue weighted by Crippen LogP contribution is -1.96. The highest BCUT2D eigenvalue weighted by molar-refractivity contribution is 5.19. The molecule has 1 aromatic carbocycles. The summed E-state index contributed by atoms with van der Waals surface area (Å²) in [6.45, 7) is -0.636. The fourth-order valence-corrected chi connectivity index (χ4v) is 0.688. The van der Waals surface area contributed by atoms with Gasteiger partial charge in [-0.25, -0.2) is 13.2 Å². The van der Waals surface area contributed by atoms with Crippen LogP contribution in [0, 0.1) is 17.5 Å². The standard InChI is InChI=1S/C7H5F3O/c8-5-2-1-4(3-11)6(9)7(5)10/h1-2,11H,3H2. The molecular formula is C7H5F3O. The molecule has 0 amide bonds. The number of benzene rings is 1. The molecule has 4 heteroatoms. The van der Waals surface area contributed by atoms with Gasteiger partial charge in [-0.15, -0.1) is 0 Å². The molecule has 0 heterocycles. The summed E-state index contributed by atoms with van der Waals surface area (Å²) in [7, 11) is 0. The molecule has 0 fully saturated rings. The molecule has 0 saturated heterocycles. The van der Waals surface area contributed by atoms with Crippen LogP contribution in [0.5, 0.6) is 0 Å². The van der Waals surface area contributed by atoms with Crippen molar-refractivity contribution in [1.29, 1.82) is 0 Å². The Hall–Kier alpha value is -1.03. The summed E-state index contributed by atoms with van der Waals surface area (Å²) in [6, 6.07) is 1.76. The maximum atomic E-state index is 12.5. The second kappa shape index (κ2) is 2.92. The van der Waals surface area contributed by atoms with Gasteiger partial charge in [0.15, 0.2) is 17.5 Å². The molecule has 0 saturated carbocycles. The van der Waals surface area contributed by atoms with Gasteiger partial charge in [0.25, 0.3) is 0 Å². The fraction of sp³-hybridized carbons (Fsp3) is 0.143. The quantitative estimate of drug-likeness (QED) is 0.622. The minimum atomic E-state index is -1.54. The van der Waals surface area contributed by atoms with Crippen LogP contribution in [0.2, 0.25) is 0 Å². The molecule has 0 aliphatic heterocycles. The Morgan fingerprint density at radius 2 is 1.73 bits per heavy atom. The minimum absolute atomic E-state index is 0.246. The molecule has 1 N–H and O–H groups in total. The molecule has 0 bridgehead atoms. The summed E-state index contributed by atoms with van der Waals surface area (Å²) in [6.07, 6.45) is 0. The van der Waals surface area contributed by atoms with Crippen LogP contribution in [0.25, 0.3) is 0 Å². The Bertz CT molecular complexity index is 273. The van der Waals surface area contributed by atoms with E-state index in [9.17, 15) is 13.2 Å². The van der Waals surface area contributed by atoms with Crippen LogP contribution >= 0.6 is 0 Å². The first-order valence-corrected chi connectivity index (χ1v) is 2.90. The molecule has 0 unspecified atom stereocenters. The topological polar surface area (TPSA) is 20.2 Å². The van der Waals surface area contributed by atoms with Gasteiger partial charge >= 0.3 is 0 Å². The number of aliphatic hydroxyl groups is 1. The van der Waals surface area contributed by atoms with Crippen LogP contribution in [0.4, 0.5) is 13.2 Å². The smallest absolute Gasteiger partial charge is 0.194 e. The van der Waals surface area contributed by atoms with Gasteiger partial charge in [0, 0.05) is 5.56 Å². The molecule has 0 aliphatic carbocycles. The van der Waals surface area contributed by atoms with E-state index in [1.165, 1.54) is 0 Å². The van der Waals surface area contributed by atoms with Crippen LogP contribution in [0.1, 0.15) is 5.56 Å². The van der Waals surface area contributed by atoms with E-state index in [1.54, 1.807) is 0 Å². The first-order chi connectivity index (χ1) is 5.16. The third-order valence-corrected chi connectivity index (χ3v) is 1.29. The van der Waals surface area contributed by atoms with Crippen LogP contribution in [-0.4, -0.2) is 5.11 Å². The van der Waals surface area contributed by atoms with Gasteiger partial charge in [-0.05, 0) is 6.07 Å². The van der Waals surface area contributed by atoms with E-state index in [-0.39, 0.29) is 5.56 Å². The van der Waals surface area contributed by atoms with Gasteiger partial charge in [0.05, 0.1) is 6.61 Å². The highest BCUT2D eigenvalue weighted by Gasteiger charge is 2.11. The average Bonchev–Trinajstić information content (AvgIpc) is 2.01. The Kier molecular flexibility index (Phi) is 2.14. The molecule has 1 nitrogen and oxygen atoms in total. The lowest BCUT2D eigenvalue weighted by Gasteiger charge is -1.99. The van der Waals surface area contributed by atoms with Gasteiger partial charge in [0.2, 0.25) is 0 Å². The first-order valence-electron chi connectivity index (χ1n) is 2.90. The van der Waals surface area contributed by atoms with E-state index < -0.39 is 24.1 Å². The molecule has 0 aromatic heterocycles. The number of halogens is 3. The number of hydrogen-bond acceptors (Lipinski definition) is 1. The highest BCUT2D eigenvalue weighted by Crippen LogP contribution is 2.14. The summed E-state index contributed by atoms with van der Waals surface area (Å²) in [5.74, 6) is -4.12. The van der Waals surface area contributed by atoms with Crippen molar-refractivity contribution in [2.75, 3.05) is 0 Å². The van der Waals surface area contributed by atoms with Crippen molar-refractivity contribution >= 4 is 0 Å². The van der Waals surface area contributed by atoms with Crippen molar-refractivity contribution in [3.8, 4) is 0 Å². The molecule has 60 valence electrons. The zero-order valence-corrected chi connectivity index (χ0v) is 5.44. The highest BCUT2D eigenvalue weighted by atomic mass is 19.2. The van der Waals surface area contributed by atoms with Gasteiger partial charge in [-0.1, -0.05) is 6.07 Å². The molecule has 0 spiro atoms. The van der Waals surface area contributed by atoms with E-state index in [0.29, 0.717) is 0 Å². The normalized spacial score (nSPS) is 10.2. The van der Waals surface area contributed by atoms with Crippen molar-refractivity contribution in [2.45, 2.75) is 6.61 Å². The monoisotopic (exact) mass is 162 g/mol. The number of rotatable bonds is 1. The molecule has 0 radical (unpaired) electrons. The van der Waals surface area contributed by atoms with Crippen LogP contribution in [0.15, 0.2) is 12.1 Å². The summed E-state index contributed by atoms with van der Waals surface area (Å²) in [4.78, 5) is 0. The third kappa shape index (κ3) is 1.35. The molecule has 0 atom stereocenters. The number of hydrogen-bond donors (Lipinski definition) is 1. The average molecular weight is 162 g/mol. The van der Waals surface area contributed by atoms with E-state index in [0.717, 1.165) is 12.1 Å². The lowest BCUT2D eigenvalue weighted by molar-refractivity contribution is 0.272. The lowest BCUT2D eigenvalue weighted by atomic mass is 10.2. The van der Waals surface area contributed by atoms with Crippen molar-refractivity contribution in [3.63, 3.8) is 0 Å². The maximum Gasteiger partial charge on any atom is 0.194 e. The first kappa shape index (κ1) is 8.07. The molecular weight excluding hydrogens is 157 g/mol. The largest absolute Gasteiger partial charge is 0.392 e. The van der Waals surface area contributed by atoms with Gasteiger partial charge in [-0.3, -0.25) is 0 Å². The van der Waals surface area contributed by atoms with E-state index in [1.807, 2.05) is 0 Å². The summed E-state index contributed by atoms with van der Waals surface area (Å²) >= 11 is 0. The Balaban J connectivity index is 3.25. The predicted octanol–water partition coefficient (Wildman–Crippen LogP) is 1.60. The minimum Gasteiger partial charge on any atom is -0.392 e. The van der Waals surface area contributed by atoms with Crippen LogP contribution in [0.3, 0.4) is 0 Å². The molecule has 1 aromatic rings. The third-order valence-electron chi connectivity index (χ3n) is 1.29. The summed E-state index contributed by atoms with van der Waals surface area (Å²) in [5.41, 5.74) is -0.246. The fourth-order valence-electron chi connectivity index (χ4n) is 0.688. The zero-order chi connectivity index (χ0) is 8.43. The van der Waals surface area contributed by atoms with E-state index >= 15 is 0 Å². The van der Waals surface area contributed by atoms with Gasteiger partial charge in [-0.2, -0.15) is 0 Å². The predicted molar refractivity (Wildman–Crippen MR) is 32.2 cm³/mol. The van der Waals surface area contributed by atoms with Crippen molar-refractivity contribution < 1.29 is 18.3 Å². The van der Waals surface area contributed by atoms with E-state index in [2.05, 4.69) is 0 Å². The molecule has 1 rings (SSSR count). The van der Waals surface area contributed by atoms with Crippen molar-refractivity contribution in [2.24, 2.45) is 0 Å². The maximum absolute atomic E-state index is 12.5. The van der Waals surface area contributed by atoms with E-state index in [4.69, 9.17) is 5.11 Å². The zero-order valence-electron chi connectivity index (χ0n) is 5.44. The molecule has 0 aliphatic rings. The van der Waals surface area contributed by atoms with Crippen LogP contribution in [-0.2, 0) is 6.61 Å². The number of aliphatic hydroxyl groups excluding tert-OH is 1. The second-order valence-electron chi connectivity index (χ2n) is 1.99. The Labute approximate surface area is 61.1 Å². The summed E-state index contributed by atoms with van der Waals surface area (Å²) in [5, 5.41) is 8.40. The Morgan fingerprint density at radius 3 is 2.27 bits per heavy atom. The SMILES string of the molecule is OCc1ccc(F)c(F)c1F. The second-order valence-corrected chi connectivity index (χ2v) is 1.99. The van der Waals surface area contributed by atoms with Crippen molar-refractivity contribution in [3.05, 3.63) is 35.1 Å². The van der Waals surface area contributed by atoms with Gasteiger partial charge < -0.3 is 5.11 Å². The molecule has 11 heavy (non-hydrogen) atoms. The van der Waals surface area contributed by atoms with Crippen LogP contribution < -0.4 is 0 Å². The van der Waals surface area contributed by atoms with Crippen molar-refractivity contribution in [1.82, 2.24) is 0 Å². The van der Waals surface area contributed by atoms with Gasteiger partial charge in [0.1, 0.15) is 0 Å². The summed E-state index contributed by atoms with van der Waals surface area (Å²) < 4.78 is 37.0.